The van der Waals surface area contributed by atoms with E-state index in [2.05, 4.69) is 71.3 Å². The van der Waals surface area contributed by atoms with Crippen molar-refractivity contribution >= 4 is 11.3 Å². The van der Waals surface area contributed by atoms with Gasteiger partial charge in [-0.2, -0.15) is 0 Å². The van der Waals surface area contributed by atoms with E-state index in [-0.39, 0.29) is 16.9 Å². The topological polar surface area (TPSA) is 34.1 Å². The first-order chi connectivity index (χ1) is 12.0. The van der Waals surface area contributed by atoms with Crippen molar-refractivity contribution in [2.75, 3.05) is 13.7 Å². The first-order valence-corrected chi connectivity index (χ1v) is 10.3. The van der Waals surface area contributed by atoms with Crippen LogP contribution in [0.5, 0.6) is 5.75 Å². The summed E-state index contributed by atoms with van der Waals surface area (Å²) < 4.78 is 6.16. The number of aromatic nitrogens is 1. The van der Waals surface area contributed by atoms with Gasteiger partial charge < -0.3 is 10.1 Å². The average Bonchev–Trinajstić information content (AvgIpc) is 3.02. The molecule has 144 valence electrons. The number of nitrogens with one attached hydrogen (secondary N) is 1. The predicted octanol–water partition coefficient (Wildman–Crippen LogP) is 6.08. The summed E-state index contributed by atoms with van der Waals surface area (Å²) >= 11 is 1.70. The molecule has 2 aromatic rings. The summed E-state index contributed by atoms with van der Waals surface area (Å²) in [5.41, 5.74) is 4.74. The zero-order chi connectivity index (χ0) is 19.7. The Balaban J connectivity index is 2.74. The molecule has 3 nitrogen and oxygen atoms in total. The molecule has 1 unspecified atom stereocenters. The van der Waals surface area contributed by atoms with Crippen molar-refractivity contribution < 1.29 is 4.74 Å². The van der Waals surface area contributed by atoms with Crippen LogP contribution in [0.15, 0.2) is 17.5 Å². The maximum Gasteiger partial charge on any atom is 0.132 e. The third kappa shape index (κ3) is 4.47. The number of hydrogen-bond acceptors (Lipinski definition) is 4. The highest BCUT2D eigenvalue weighted by molar-refractivity contribution is 7.10. The number of rotatable bonds is 5. The normalized spacial score (nSPS) is 13.7. The first-order valence-electron chi connectivity index (χ1n) is 9.44. The summed E-state index contributed by atoms with van der Waals surface area (Å²) in [7, 11) is 1.97. The van der Waals surface area contributed by atoms with Crippen LogP contribution >= 0.6 is 11.3 Å². The van der Waals surface area contributed by atoms with E-state index in [1.807, 2.05) is 14.0 Å². The zero-order valence-corrected chi connectivity index (χ0v) is 18.6. The van der Waals surface area contributed by atoms with Crippen molar-refractivity contribution in [2.45, 2.75) is 72.3 Å². The molecule has 0 fully saturated rings. The van der Waals surface area contributed by atoms with Gasteiger partial charge in [-0.1, -0.05) is 47.6 Å². The highest BCUT2D eigenvalue weighted by atomic mass is 32.1. The van der Waals surface area contributed by atoms with Crippen molar-refractivity contribution in [1.29, 1.82) is 0 Å². The monoisotopic (exact) mass is 374 g/mol. The van der Waals surface area contributed by atoms with Gasteiger partial charge in [0.05, 0.1) is 18.3 Å². The molecule has 0 amide bonds. The lowest BCUT2D eigenvalue weighted by Gasteiger charge is -2.29. The van der Waals surface area contributed by atoms with Crippen molar-refractivity contribution in [3.8, 4) is 17.0 Å². The quantitative estimate of drug-likeness (QED) is 0.688. The van der Waals surface area contributed by atoms with Gasteiger partial charge in [-0.15, -0.1) is 11.3 Å². The second-order valence-electron chi connectivity index (χ2n) is 8.91. The van der Waals surface area contributed by atoms with Crippen molar-refractivity contribution in [1.82, 2.24) is 10.3 Å². The smallest absolute Gasteiger partial charge is 0.132 e. The Morgan fingerprint density at radius 3 is 2.27 bits per heavy atom. The van der Waals surface area contributed by atoms with Gasteiger partial charge in [-0.25, -0.2) is 4.98 Å². The standard InChI is InChI=1S/C22H34N2OS/c1-10-25-19-16(18-13-26-20(24-18)14(2)23-9)11-15(21(3,4)5)12-17(19)22(6,7)8/h11-14,23H,10H2,1-9H3. The summed E-state index contributed by atoms with van der Waals surface area (Å²) in [4.78, 5) is 4.92. The Labute approximate surface area is 163 Å². The van der Waals surface area contributed by atoms with Gasteiger partial charge in [0, 0.05) is 16.5 Å². The molecule has 26 heavy (non-hydrogen) atoms. The van der Waals surface area contributed by atoms with Crippen LogP contribution in [0.2, 0.25) is 0 Å². The molecule has 0 radical (unpaired) electrons. The van der Waals surface area contributed by atoms with Gasteiger partial charge in [0.15, 0.2) is 0 Å². The third-order valence-electron chi connectivity index (χ3n) is 4.65. The molecule has 1 N–H and O–H groups in total. The average molecular weight is 375 g/mol. The lowest BCUT2D eigenvalue weighted by atomic mass is 9.78. The van der Waals surface area contributed by atoms with Crippen molar-refractivity contribution in [3.63, 3.8) is 0 Å². The van der Waals surface area contributed by atoms with Crippen LogP contribution < -0.4 is 10.1 Å². The van der Waals surface area contributed by atoms with Crippen molar-refractivity contribution in [2.24, 2.45) is 0 Å². The molecule has 4 heteroatoms. The molecule has 0 aliphatic carbocycles. The minimum absolute atomic E-state index is 0.00235. The highest BCUT2D eigenvalue weighted by Crippen LogP contribution is 2.43. The summed E-state index contributed by atoms with van der Waals surface area (Å²) in [6.45, 7) is 18.3. The van der Waals surface area contributed by atoms with Crippen LogP contribution in [0.1, 0.15) is 77.6 Å². The fourth-order valence-electron chi connectivity index (χ4n) is 2.84. The summed E-state index contributed by atoms with van der Waals surface area (Å²) in [6.07, 6.45) is 0. The lowest BCUT2D eigenvalue weighted by Crippen LogP contribution is -2.18. The largest absolute Gasteiger partial charge is 0.493 e. The number of thiazole rings is 1. The van der Waals surface area contributed by atoms with Crippen LogP contribution in [-0.2, 0) is 10.8 Å². The molecule has 0 spiro atoms. The van der Waals surface area contributed by atoms with Crippen LogP contribution in [0.25, 0.3) is 11.3 Å². The van der Waals surface area contributed by atoms with E-state index in [1.54, 1.807) is 11.3 Å². The number of ether oxygens (including phenoxy) is 1. The third-order valence-corrected chi connectivity index (χ3v) is 5.68. The van der Waals surface area contributed by atoms with Gasteiger partial charge in [0.2, 0.25) is 0 Å². The highest BCUT2D eigenvalue weighted by Gasteiger charge is 2.27. The minimum atomic E-state index is -0.00235. The van der Waals surface area contributed by atoms with E-state index in [4.69, 9.17) is 9.72 Å². The maximum atomic E-state index is 6.16. The Hall–Kier alpha value is -1.39. The predicted molar refractivity (Wildman–Crippen MR) is 114 cm³/mol. The van der Waals surface area contributed by atoms with E-state index in [0.29, 0.717) is 6.61 Å². The van der Waals surface area contributed by atoms with E-state index < -0.39 is 0 Å². The van der Waals surface area contributed by atoms with Crippen LogP contribution in [0.4, 0.5) is 0 Å². The van der Waals surface area contributed by atoms with Gasteiger partial charge >= 0.3 is 0 Å². The van der Waals surface area contributed by atoms with Gasteiger partial charge in [-0.05, 0) is 43.4 Å². The second kappa shape index (κ2) is 7.69. The van der Waals surface area contributed by atoms with E-state index >= 15 is 0 Å². The molecule has 0 aliphatic heterocycles. The molecular formula is C22H34N2OS. The Bertz CT molecular complexity index is 750. The lowest BCUT2D eigenvalue weighted by molar-refractivity contribution is 0.330. The molecule has 1 aromatic heterocycles. The summed E-state index contributed by atoms with van der Waals surface area (Å²) in [6, 6.07) is 4.83. The molecular weight excluding hydrogens is 340 g/mol. The molecule has 0 saturated heterocycles. The van der Waals surface area contributed by atoms with Crippen LogP contribution in [0, 0.1) is 0 Å². The molecule has 0 bridgehead atoms. The van der Waals surface area contributed by atoms with E-state index in [1.165, 1.54) is 11.1 Å². The molecule has 1 atom stereocenters. The molecule has 0 aliphatic rings. The zero-order valence-electron chi connectivity index (χ0n) is 17.8. The SMILES string of the molecule is CCOc1c(-c2csc(C(C)NC)n2)cc(C(C)(C)C)cc1C(C)(C)C. The Morgan fingerprint density at radius 1 is 1.12 bits per heavy atom. The van der Waals surface area contributed by atoms with Crippen molar-refractivity contribution in [3.05, 3.63) is 33.6 Å². The van der Waals surface area contributed by atoms with Crippen LogP contribution in [0.3, 0.4) is 0 Å². The van der Waals surface area contributed by atoms with E-state index in [0.717, 1.165) is 22.0 Å². The number of benzene rings is 1. The fraction of sp³-hybridized carbons (Fsp3) is 0.591. The Kier molecular flexibility index (Phi) is 6.19. The Morgan fingerprint density at radius 2 is 1.77 bits per heavy atom. The molecule has 2 rings (SSSR count). The molecule has 1 heterocycles. The number of nitrogens with zero attached hydrogens (tertiary/aromatic N) is 1. The summed E-state index contributed by atoms with van der Waals surface area (Å²) in [5.74, 6) is 0.974. The summed E-state index contributed by atoms with van der Waals surface area (Å²) in [5, 5.41) is 6.53. The van der Waals surface area contributed by atoms with Gasteiger partial charge in [-0.3, -0.25) is 0 Å². The second-order valence-corrected chi connectivity index (χ2v) is 9.80. The number of hydrogen-bond donors (Lipinski definition) is 1. The minimum Gasteiger partial charge on any atom is -0.493 e. The van der Waals surface area contributed by atoms with Crippen LogP contribution in [-0.4, -0.2) is 18.6 Å². The molecule has 1 aromatic carbocycles. The van der Waals surface area contributed by atoms with Gasteiger partial charge in [0.1, 0.15) is 10.8 Å². The van der Waals surface area contributed by atoms with E-state index in [9.17, 15) is 0 Å². The molecule has 0 saturated carbocycles. The van der Waals surface area contributed by atoms with Gasteiger partial charge in [0.25, 0.3) is 0 Å². The fourth-order valence-corrected chi connectivity index (χ4v) is 3.73. The maximum absolute atomic E-state index is 6.16. The first kappa shape index (κ1) is 20.9.